The van der Waals surface area contributed by atoms with Crippen LogP contribution in [-0.2, 0) is 6.54 Å². The summed E-state index contributed by atoms with van der Waals surface area (Å²) in [6.07, 6.45) is 1.24. The van der Waals surface area contributed by atoms with Gasteiger partial charge in [-0.15, -0.1) is 12.4 Å². The Hall–Kier alpha value is -0.0900. The monoisotopic (exact) mass is 332 g/mol. The summed E-state index contributed by atoms with van der Waals surface area (Å²) >= 11 is 3.59. The summed E-state index contributed by atoms with van der Waals surface area (Å²) in [5.74, 6) is 0.670. The van der Waals surface area contributed by atoms with Crippen molar-refractivity contribution >= 4 is 28.3 Å². The Kier molecular flexibility index (Phi) is 6.12. The highest BCUT2D eigenvalue weighted by Crippen LogP contribution is 2.23. The highest BCUT2D eigenvalue weighted by Gasteiger charge is 2.24. The van der Waals surface area contributed by atoms with Crippen LogP contribution in [0.5, 0.6) is 0 Å². The molecule has 4 heteroatoms. The number of rotatable bonds is 3. The number of nitrogens with zero attached hydrogens (tertiary/aromatic N) is 1. The van der Waals surface area contributed by atoms with E-state index < -0.39 is 0 Å². The van der Waals surface area contributed by atoms with Crippen molar-refractivity contribution in [1.29, 1.82) is 0 Å². The van der Waals surface area contributed by atoms with Crippen molar-refractivity contribution in [3.8, 4) is 0 Å². The lowest BCUT2D eigenvalue weighted by molar-refractivity contribution is 0.308. The zero-order chi connectivity index (χ0) is 12.4. The standard InChI is InChI=1S/C14H21BrN2.ClH/c1-10-3-4-12(7-14(10)15)8-17-6-5-13(9-17)11(2)16;/h3-4,7,11,13H,5-6,8-9,16H2,1-2H3;1H. The van der Waals surface area contributed by atoms with Crippen molar-refractivity contribution in [2.24, 2.45) is 11.7 Å². The molecule has 0 aliphatic carbocycles. The zero-order valence-corrected chi connectivity index (χ0v) is 13.4. The van der Waals surface area contributed by atoms with E-state index >= 15 is 0 Å². The summed E-state index contributed by atoms with van der Waals surface area (Å²) in [7, 11) is 0. The Bertz CT molecular complexity index is 395. The summed E-state index contributed by atoms with van der Waals surface area (Å²) in [5, 5.41) is 0. The van der Waals surface area contributed by atoms with Gasteiger partial charge in [0.1, 0.15) is 0 Å². The molecule has 2 unspecified atom stereocenters. The summed E-state index contributed by atoms with van der Waals surface area (Å²) < 4.78 is 1.21. The van der Waals surface area contributed by atoms with Gasteiger partial charge >= 0.3 is 0 Å². The van der Waals surface area contributed by atoms with Crippen LogP contribution in [0.1, 0.15) is 24.5 Å². The van der Waals surface area contributed by atoms with Gasteiger partial charge in [0.05, 0.1) is 0 Å². The first-order valence-electron chi connectivity index (χ1n) is 6.29. The normalized spacial score (nSPS) is 21.7. The lowest BCUT2D eigenvalue weighted by Crippen LogP contribution is -2.29. The second-order valence-electron chi connectivity index (χ2n) is 5.23. The lowest BCUT2D eigenvalue weighted by Gasteiger charge is -2.18. The third-order valence-corrected chi connectivity index (χ3v) is 4.55. The van der Waals surface area contributed by atoms with Crippen molar-refractivity contribution < 1.29 is 0 Å². The molecule has 2 rings (SSSR count). The van der Waals surface area contributed by atoms with Gasteiger partial charge in [-0.25, -0.2) is 0 Å². The summed E-state index contributed by atoms with van der Waals surface area (Å²) in [6, 6.07) is 6.96. The van der Waals surface area contributed by atoms with Gasteiger partial charge in [0.2, 0.25) is 0 Å². The lowest BCUT2D eigenvalue weighted by atomic mass is 10.0. The third-order valence-electron chi connectivity index (χ3n) is 3.69. The van der Waals surface area contributed by atoms with Gasteiger partial charge in [-0.05, 0) is 49.9 Å². The Morgan fingerprint density at radius 1 is 1.50 bits per heavy atom. The molecule has 2 atom stereocenters. The third kappa shape index (κ3) is 3.95. The first-order valence-corrected chi connectivity index (χ1v) is 7.08. The second-order valence-corrected chi connectivity index (χ2v) is 6.08. The molecule has 1 aliphatic rings. The van der Waals surface area contributed by atoms with Crippen LogP contribution in [-0.4, -0.2) is 24.0 Å². The van der Waals surface area contributed by atoms with Gasteiger partial charge in [-0.3, -0.25) is 4.90 Å². The molecule has 1 aromatic carbocycles. The number of likely N-dealkylation sites (tertiary alicyclic amines) is 1. The first-order chi connectivity index (χ1) is 8.06. The molecular formula is C14H22BrClN2. The number of aryl methyl sites for hydroxylation is 1. The van der Waals surface area contributed by atoms with Gasteiger partial charge < -0.3 is 5.73 Å². The molecule has 1 fully saturated rings. The van der Waals surface area contributed by atoms with Gasteiger partial charge in [-0.2, -0.15) is 0 Å². The molecule has 2 N–H and O–H groups in total. The predicted octanol–water partition coefficient (Wildman–Crippen LogP) is 3.35. The van der Waals surface area contributed by atoms with Crippen LogP contribution in [0.15, 0.2) is 22.7 Å². The predicted molar refractivity (Wildman–Crippen MR) is 83.2 cm³/mol. The van der Waals surface area contributed by atoms with Crippen molar-refractivity contribution in [2.75, 3.05) is 13.1 Å². The molecule has 1 saturated heterocycles. The van der Waals surface area contributed by atoms with E-state index in [1.54, 1.807) is 0 Å². The van der Waals surface area contributed by atoms with E-state index in [2.05, 4.69) is 52.9 Å². The van der Waals surface area contributed by atoms with Crippen LogP contribution in [0.25, 0.3) is 0 Å². The van der Waals surface area contributed by atoms with Crippen molar-refractivity contribution in [1.82, 2.24) is 4.90 Å². The summed E-state index contributed by atoms with van der Waals surface area (Å²) in [4.78, 5) is 2.51. The number of hydrogen-bond donors (Lipinski definition) is 1. The van der Waals surface area contributed by atoms with Crippen LogP contribution >= 0.6 is 28.3 Å². The maximum Gasteiger partial charge on any atom is 0.0234 e. The minimum Gasteiger partial charge on any atom is -0.328 e. The first kappa shape index (κ1) is 16.0. The van der Waals surface area contributed by atoms with E-state index in [-0.39, 0.29) is 12.4 Å². The van der Waals surface area contributed by atoms with Crippen LogP contribution in [0.3, 0.4) is 0 Å². The van der Waals surface area contributed by atoms with Gasteiger partial charge in [0.15, 0.2) is 0 Å². The summed E-state index contributed by atoms with van der Waals surface area (Å²) in [6.45, 7) is 7.61. The molecule has 0 spiro atoms. The van der Waals surface area contributed by atoms with Crippen LogP contribution < -0.4 is 5.73 Å². The zero-order valence-electron chi connectivity index (χ0n) is 11.0. The van der Waals surface area contributed by atoms with Crippen molar-refractivity contribution in [3.63, 3.8) is 0 Å². The Labute approximate surface area is 124 Å². The molecule has 2 nitrogen and oxygen atoms in total. The quantitative estimate of drug-likeness (QED) is 0.919. The van der Waals surface area contributed by atoms with E-state index in [1.165, 1.54) is 28.6 Å². The average molecular weight is 334 g/mol. The molecule has 102 valence electrons. The Morgan fingerprint density at radius 2 is 2.22 bits per heavy atom. The van der Waals surface area contributed by atoms with Gasteiger partial charge in [0, 0.05) is 23.6 Å². The fraction of sp³-hybridized carbons (Fsp3) is 0.571. The molecule has 1 aliphatic heterocycles. The fourth-order valence-electron chi connectivity index (χ4n) is 2.43. The molecule has 0 saturated carbocycles. The molecule has 1 heterocycles. The fourth-order valence-corrected chi connectivity index (χ4v) is 2.85. The minimum absolute atomic E-state index is 0. The molecule has 0 bridgehead atoms. The van der Waals surface area contributed by atoms with Crippen molar-refractivity contribution in [3.05, 3.63) is 33.8 Å². The largest absolute Gasteiger partial charge is 0.328 e. The highest BCUT2D eigenvalue weighted by molar-refractivity contribution is 9.10. The van der Waals surface area contributed by atoms with Crippen LogP contribution in [0.4, 0.5) is 0 Å². The topological polar surface area (TPSA) is 29.3 Å². The average Bonchev–Trinajstić information content (AvgIpc) is 2.72. The highest BCUT2D eigenvalue weighted by atomic mass is 79.9. The number of nitrogens with two attached hydrogens (primary N) is 1. The molecule has 18 heavy (non-hydrogen) atoms. The van der Waals surface area contributed by atoms with E-state index in [4.69, 9.17) is 5.73 Å². The van der Waals surface area contributed by atoms with Gasteiger partial charge in [0.25, 0.3) is 0 Å². The van der Waals surface area contributed by atoms with E-state index in [0.29, 0.717) is 12.0 Å². The SMILES string of the molecule is Cc1ccc(CN2CCC(C(C)N)C2)cc1Br.Cl. The van der Waals surface area contributed by atoms with Gasteiger partial charge in [-0.1, -0.05) is 28.1 Å². The van der Waals surface area contributed by atoms with E-state index in [1.807, 2.05) is 0 Å². The van der Waals surface area contributed by atoms with Crippen LogP contribution in [0, 0.1) is 12.8 Å². The second kappa shape index (κ2) is 6.90. The molecule has 0 aromatic heterocycles. The maximum atomic E-state index is 5.96. The van der Waals surface area contributed by atoms with Crippen molar-refractivity contribution in [2.45, 2.75) is 32.9 Å². The smallest absolute Gasteiger partial charge is 0.0234 e. The Balaban J connectivity index is 0.00000162. The number of benzene rings is 1. The van der Waals surface area contributed by atoms with Crippen LogP contribution in [0.2, 0.25) is 0 Å². The molecule has 0 radical (unpaired) electrons. The minimum atomic E-state index is 0. The van der Waals surface area contributed by atoms with E-state index in [9.17, 15) is 0 Å². The molecule has 1 aromatic rings. The maximum absolute atomic E-state index is 5.96. The summed E-state index contributed by atoms with van der Waals surface area (Å²) in [5.41, 5.74) is 8.64. The van der Waals surface area contributed by atoms with E-state index in [0.717, 1.165) is 13.1 Å². The number of hydrogen-bond acceptors (Lipinski definition) is 2. The number of halogens is 2. The Morgan fingerprint density at radius 3 is 2.78 bits per heavy atom. The molecular weight excluding hydrogens is 312 g/mol. The molecule has 0 amide bonds.